The first kappa shape index (κ1) is 26.0. The Hall–Kier alpha value is -4.10. The van der Waals surface area contributed by atoms with Crippen molar-refractivity contribution in [3.63, 3.8) is 0 Å². The zero-order chi connectivity index (χ0) is 26.6. The standard InChI is InChI=1S/C27H24F4N4O2/c1-35-13-10-21(11-14-35)37-24-9-7-20(16-22(24)27(29,30)31)34-26(36)19-6-8-23(28)18(15-19)5-4-17-3-2-12-33-25(17)32/h2-3,6-9,12,15-16,21H,10-11,13-14H2,1H3,(H2,32,33)(H,34,36). The highest BCUT2D eigenvalue weighted by Gasteiger charge is 2.36. The average Bonchev–Trinajstić information content (AvgIpc) is 2.86. The maximum absolute atomic E-state index is 14.3. The third kappa shape index (κ3) is 6.57. The number of alkyl halides is 3. The van der Waals surface area contributed by atoms with Gasteiger partial charge in [-0.25, -0.2) is 9.37 Å². The number of nitrogen functional groups attached to an aromatic ring is 1. The van der Waals surface area contributed by atoms with Gasteiger partial charge in [-0.3, -0.25) is 4.79 Å². The molecule has 0 unspecified atom stereocenters. The Morgan fingerprint density at radius 1 is 1.11 bits per heavy atom. The van der Waals surface area contributed by atoms with Crippen LogP contribution in [0, 0.1) is 17.7 Å². The number of amides is 1. The quantitative estimate of drug-likeness (QED) is 0.382. The van der Waals surface area contributed by atoms with Crippen LogP contribution in [0.1, 0.15) is 39.9 Å². The van der Waals surface area contributed by atoms with E-state index in [2.05, 4.69) is 27.0 Å². The first-order chi connectivity index (χ1) is 17.6. The van der Waals surface area contributed by atoms with Gasteiger partial charge in [-0.1, -0.05) is 11.8 Å². The van der Waals surface area contributed by atoms with Crippen LogP contribution in [0.3, 0.4) is 0 Å². The number of rotatable bonds is 4. The third-order valence-electron chi connectivity index (χ3n) is 5.90. The molecule has 1 saturated heterocycles. The Labute approximate surface area is 211 Å². The van der Waals surface area contributed by atoms with Gasteiger partial charge in [0, 0.05) is 30.5 Å². The van der Waals surface area contributed by atoms with Gasteiger partial charge in [0.15, 0.2) is 0 Å². The SMILES string of the molecule is CN1CCC(Oc2ccc(NC(=O)c3ccc(F)c(C#Cc4cccnc4N)c3)cc2C(F)(F)F)CC1. The van der Waals surface area contributed by atoms with Crippen LogP contribution in [-0.4, -0.2) is 42.0 Å². The highest BCUT2D eigenvalue weighted by molar-refractivity contribution is 6.04. The van der Waals surface area contributed by atoms with Crippen molar-refractivity contribution < 1.29 is 27.1 Å². The second-order valence-corrected chi connectivity index (χ2v) is 8.66. The molecule has 1 aromatic heterocycles. The van der Waals surface area contributed by atoms with Crippen LogP contribution in [-0.2, 0) is 6.18 Å². The summed E-state index contributed by atoms with van der Waals surface area (Å²) in [5.74, 6) is 3.82. The highest BCUT2D eigenvalue weighted by Crippen LogP contribution is 2.39. The lowest BCUT2D eigenvalue weighted by atomic mass is 10.1. The maximum atomic E-state index is 14.3. The van der Waals surface area contributed by atoms with Gasteiger partial charge in [-0.15, -0.1) is 0 Å². The van der Waals surface area contributed by atoms with Crippen molar-refractivity contribution in [2.24, 2.45) is 0 Å². The third-order valence-corrected chi connectivity index (χ3v) is 5.90. The van der Waals surface area contributed by atoms with E-state index < -0.39 is 23.5 Å². The summed E-state index contributed by atoms with van der Waals surface area (Å²) in [6.07, 6.45) is -2.28. The largest absolute Gasteiger partial charge is 0.490 e. The van der Waals surface area contributed by atoms with Crippen molar-refractivity contribution in [2.45, 2.75) is 25.1 Å². The summed E-state index contributed by atoms with van der Waals surface area (Å²) in [5.41, 5.74) is 5.01. The van der Waals surface area contributed by atoms with E-state index in [1.165, 1.54) is 30.5 Å². The number of likely N-dealkylation sites (tertiary alicyclic amines) is 1. The van der Waals surface area contributed by atoms with Crippen LogP contribution in [0.4, 0.5) is 29.1 Å². The molecule has 2 heterocycles. The first-order valence-electron chi connectivity index (χ1n) is 11.5. The Bertz CT molecular complexity index is 1360. The van der Waals surface area contributed by atoms with Gasteiger partial charge in [-0.05, 0) is 68.4 Å². The number of carbonyl (C=O) groups is 1. The predicted molar refractivity (Wildman–Crippen MR) is 132 cm³/mol. The fraction of sp³-hybridized carbons (Fsp3) is 0.259. The van der Waals surface area contributed by atoms with Crippen molar-refractivity contribution in [3.05, 3.63) is 82.8 Å². The monoisotopic (exact) mass is 512 g/mol. The van der Waals surface area contributed by atoms with Gasteiger partial charge in [0.05, 0.1) is 16.7 Å². The molecule has 10 heteroatoms. The predicted octanol–water partition coefficient (Wildman–Crippen LogP) is 4.95. The number of carbonyl (C=O) groups excluding carboxylic acids is 1. The molecule has 3 aromatic rings. The van der Waals surface area contributed by atoms with Gasteiger partial charge >= 0.3 is 6.18 Å². The number of nitrogens with two attached hydrogens (primary N) is 1. The summed E-state index contributed by atoms with van der Waals surface area (Å²) < 4.78 is 61.3. The molecular weight excluding hydrogens is 488 g/mol. The fourth-order valence-corrected chi connectivity index (χ4v) is 3.84. The molecule has 0 atom stereocenters. The molecule has 3 N–H and O–H groups in total. The Morgan fingerprint density at radius 3 is 2.54 bits per heavy atom. The van der Waals surface area contributed by atoms with Gasteiger partial charge in [-0.2, -0.15) is 13.2 Å². The van der Waals surface area contributed by atoms with E-state index in [0.717, 1.165) is 25.2 Å². The summed E-state index contributed by atoms with van der Waals surface area (Å²) in [6.45, 7) is 1.47. The van der Waals surface area contributed by atoms with Crippen molar-refractivity contribution in [1.29, 1.82) is 0 Å². The summed E-state index contributed by atoms with van der Waals surface area (Å²) in [7, 11) is 1.95. The fourth-order valence-electron chi connectivity index (χ4n) is 3.84. The lowest BCUT2D eigenvalue weighted by Crippen LogP contribution is -2.36. The number of nitrogens with zero attached hydrogens (tertiary/aromatic N) is 2. The van der Waals surface area contributed by atoms with E-state index >= 15 is 0 Å². The number of pyridine rings is 1. The van der Waals surface area contributed by atoms with E-state index in [1.807, 2.05) is 7.05 Å². The number of hydrogen-bond donors (Lipinski definition) is 2. The van der Waals surface area contributed by atoms with Crippen LogP contribution < -0.4 is 15.8 Å². The van der Waals surface area contributed by atoms with Crippen LogP contribution in [0.15, 0.2) is 54.7 Å². The molecule has 0 spiro atoms. The molecule has 1 amide bonds. The average molecular weight is 513 g/mol. The van der Waals surface area contributed by atoms with E-state index in [9.17, 15) is 22.4 Å². The van der Waals surface area contributed by atoms with Crippen LogP contribution in [0.2, 0.25) is 0 Å². The van der Waals surface area contributed by atoms with Crippen molar-refractivity contribution >= 4 is 17.4 Å². The molecular formula is C27H24F4N4O2. The van der Waals surface area contributed by atoms with E-state index in [4.69, 9.17) is 10.5 Å². The topological polar surface area (TPSA) is 80.5 Å². The summed E-state index contributed by atoms with van der Waals surface area (Å²) in [6, 6.07) is 10.1. The minimum atomic E-state index is -4.69. The maximum Gasteiger partial charge on any atom is 0.420 e. The van der Waals surface area contributed by atoms with E-state index in [1.54, 1.807) is 12.1 Å². The van der Waals surface area contributed by atoms with Crippen molar-refractivity contribution in [3.8, 4) is 17.6 Å². The summed E-state index contributed by atoms with van der Waals surface area (Å²) >= 11 is 0. The molecule has 6 nitrogen and oxygen atoms in total. The Balaban J connectivity index is 1.53. The molecule has 37 heavy (non-hydrogen) atoms. The number of ether oxygens (including phenoxy) is 1. The van der Waals surface area contributed by atoms with Crippen LogP contribution in [0.25, 0.3) is 0 Å². The minimum absolute atomic E-state index is 0.0186. The normalized spacial score (nSPS) is 14.5. The van der Waals surface area contributed by atoms with Crippen molar-refractivity contribution in [1.82, 2.24) is 9.88 Å². The van der Waals surface area contributed by atoms with Crippen LogP contribution in [0.5, 0.6) is 5.75 Å². The molecule has 0 bridgehead atoms. The highest BCUT2D eigenvalue weighted by atomic mass is 19.4. The second-order valence-electron chi connectivity index (χ2n) is 8.66. The molecule has 192 valence electrons. The smallest absolute Gasteiger partial charge is 0.420 e. The van der Waals surface area contributed by atoms with E-state index in [-0.39, 0.29) is 34.5 Å². The number of benzene rings is 2. The zero-order valence-corrected chi connectivity index (χ0v) is 19.9. The molecule has 1 aliphatic rings. The molecule has 4 rings (SSSR count). The van der Waals surface area contributed by atoms with Gasteiger partial charge in [0.25, 0.3) is 5.91 Å². The number of aromatic nitrogens is 1. The first-order valence-corrected chi connectivity index (χ1v) is 11.5. The van der Waals surface area contributed by atoms with Crippen molar-refractivity contribution in [2.75, 3.05) is 31.2 Å². The van der Waals surface area contributed by atoms with E-state index in [0.29, 0.717) is 18.4 Å². The summed E-state index contributed by atoms with van der Waals surface area (Å²) in [5, 5.41) is 2.44. The molecule has 0 radical (unpaired) electrons. The molecule has 0 saturated carbocycles. The number of hydrogen-bond acceptors (Lipinski definition) is 5. The molecule has 1 fully saturated rings. The molecule has 2 aromatic carbocycles. The number of piperidine rings is 1. The Kier molecular flexibility index (Phi) is 7.64. The number of anilines is 2. The lowest BCUT2D eigenvalue weighted by Gasteiger charge is -2.30. The second kappa shape index (κ2) is 10.9. The van der Waals surface area contributed by atoms with Crippen LogP contribution >= 0.6 is 0 Å². The number of halogens is 4. The lowest BCUT2D eigenvalue weighted by molar-refractivity contribution is -0.139. The van der Waals surface area contributed by atoms with Gasteiger partial charge in [0.1, 0.15) is 23.5 Å². The zero-order valence-electron chi connectivity index (χ0n) is 19.9. The van der Waals surface area contributed by atoms with Gasteiger partial charge < -0.3 is 20.7 Å². The number of nitrogens with one attached hydrogen (secondary N) is 1. The van der Waals surface area contributed by atoms with Gasteiger partial charge in [0.2, 0.25) is 0 Å². The molecule has 1 aliphatic heterocycles. The minimum Gasteiger partial charge on any atom is -0.490 e. The molecule has 0 aliphatic carbocycles. The Morgan fingerprint density at radius 2 is 1.84 bits per heavy atom. The summed E-state index contributed by atoms with van der Waals surface area (Å²) in [4.78, 5) is 18.8.